The van der Waals surface area contributed by atoms with E-state index in [1.54, 1.807) is 0 Å². The van der Waals surface area contributed by atoms with Gasteiger partial charge < -0.3 is 11.1 Å². The molecular weight excluding hydrogens is 260 g/mol. The van der Waals surface area contributed by atoms with Gasteiger partial charge in [0.1, 0.15) is 0 Å². The molecule has 0 bridgehead atoms. The SMILES string of the molecule is CCNC(=O)Cc1ccc(-c2ccc(CCN)cc2)cc1. The van der Waals surface area contributed by atoms with Gasteiger partial charge in [0.25, 0.3) is 0 Å². The van der Waals surface area contributed by atoms with Crippen molar-refractivity contribution in [3.05, 3.63) is 59.7 Å². The zero-order valence-electron chi connectivity index (χ0n) is 12.4. The van der Waals surface area contributed by atoms with Crippen LogP contribution < -0.4 is 11.1 Å². The first-order chi connectivity index (χ1) is 10.2. The van der Waals surface area contributed by atoms with Crippen molar-refractivity contribution < 1.29 is 4.79 Å². The number of benzene rings is 2. The fourth-order valence-electron chi connectivity index (χ4n) is 2.29. The Morgan fingerprint density at radius 3 is 1.95 bits per heavy atom. The van der Waals surface area contributed by atoms with Crippen LogP contribution >= 0.6 is 0 Å². The standard InChI is InChI=1S/C18H22N2O/c1-2-20-18(21)13-15-5-9-17(10-6-15)16-7-3-14(4-8-16)11-12-19/h3-10H,2,11-13,19H2,1H3,(H,20,21). The topological polar surface area (TPSA) is 55.1 Å². The minimum Gasteiger partial charge on any atom is -0.356 e. The van der Waals surface area contributed by atoms with Crippen LogP contribution in [0.3, 0.4) is 0 Å². The number of carbonyl (C=O) groups is 1. The van der Waals surface area contributed by atoms with Gasteiger partial charge >= 0.3 is 0 Å². The summed E-state index contributed by atoms with van der Waals surface area (Å²) in [6.45, 7) is 3.27. The van der Waals surface area contributed by atoms with Gasteiger partial charge in [0, 0.05) is 6.54 Å². The minimum atomic E-state index is 0.0661. The van der Waals surface area contributed by atoms with Gasteiger partial charge in [-0.15, -0.1) is 0 Å². The maximum atomic E-state index is 11.5. The lowest BCUT2D eigenvalue weighted by Crippen LogP contribution is -2.24. The van der Waals surface area contributed by atoms with Crippen LogP contribution in [-0.4, -0.2) is 19.0 Å². The quantitative estimate of drug-likeness (QED) is 0.855. The Balaban J connectivity index is 2.06. The average molecular weight is 282 g/mol. The summed E-state index contributed by atoms with van der Waals surface area (Å²) in [7, 11) is 0. The lowest BCUT2D eigenvalue weighted by molar-refractivity contribution is -0.120. The zero-order valence-corrected chi connectivity index (χ0v) is 12.4. The van der Waals surface area contributed by atoms with Crippen molar-refractivity contribution in [3.8, 4) is 11.1 Å². The number of nitrogens with one attached hydrogen (secondary N) is 1. The molecule has 0 aliphatic heterocycles. The van der Waals surface area contributed by atoms with Crippen molar-refractivity contribution in [1.82, 2.24) is 5.32 Å². The van der Waals surface area contributed by atoms with Crippen molar-refractivity contribution in [2.45, 2.75) is 19.8 Å². The molecule has 0 heterocycles. The molecule has 0 aromatic heterocycles. The Labute approximate surface area is 126 Å². The van der Waals surface area contributed by atoms with Gasteiger partial charge in [-0.1, -0.05) is 48.5 Å². The van der Waals surface area contributed by atoms with E-state index < -0.39 is 0 Å². The van der Waals surface area contributed by atoms with E-state index in [1.807, 2.05) is 19.1 Å². The molecule has 0 unspecified atom stereocenters. The molecule has 2 rings (SSSR count). The maximum Gasteiger partial charge on any atom is 0.224 e. The van der Waals surface area contributed by atoms with Gasteiger partial charge in [-0.2, -0.15) is 0 Å². The van der Waals surface area contributed by atoms with Gasteiger partial charge in [0.2, 0.25) is 5.91 Å². The average Bonchev–Trinajstić information content (AvgIpc) is 2.49. The monoisotopic (exact) mass is 282 g/mol. The molecule has 3 N–H and O–H groups in total. The highest BCUT2D eigenvalue weighted by atomic mass is 16.1. The molecule has 0 fully saturated rings. The number of likely N-dealkylation sites (N-methyl/N-ethyl adjacent to an activating group) is 1. The first-order valence-corrected chi connectivity index (χ1v) is 7.38. The summed E-state index contributed by atoms with van der Waals surface area (Å²) >= 11 is 0. The summed E-state index contributed by atoms with van der Waals surface area (Å²) in [6, 6.07) is 16.6. The Morgan fingerprint density at radius 1 is 0.952 bits per heavy atom. The second-order valence-corrected chi connectivity index (χ2v) is 5.06. The molecule has 3 heteroatoms. The summed E-state index contributed by atoms with van der Waals surface area (Å²) in [4.78, 5) is 11.5. The van der Waals surface area contributed by atoms with Gasteiger partial charge in [-0.05, 0) is 42.1 Å². The van der Waals surface area contributed by atoms with Crippen LogP contribution in [0, 0.1) is 0 Å². The number of rotatable bonds is 6. The lowest BCUT2D eigenvalue weighted by atomic mass is 10.0. The number of hydrogen-bond acceptors (Lipinski definition) is 2. The number of hydrogen-bond donors (Lipinski definition) is 2. The molecule has 0 aliphatic carbocycles. The second kappa shape index (κ2) is 7.60. The smallest absolute Gasteiger partial charge is 0.224 e. The van der Waals surface area contributed by atoms with Crippen molar-refractivity contribution in [3.63, 3.8) is 0 Å². The number of carbonyl (C=O) groups excluding carboxylic acids is 1. The fourth-order valence-corrected chi connectivity index (χ4v) is 2.29. The van der Waals surface area contributed by atoms with Crippen molar-refractivity contribution in [2.24, 2.45) is 5.73 Å². The molecule has 3 nitrogen and oxygen atoms in total. The van der Waals surface area contributed by atoms with E-state index in [9.17, 15) is 4.79 Å². The fraction of sp³-hybridized carbons (Fsp3) is 0.278. The van der Waals surface area contributed by atoms with Crippen LogP contribution in [0.5, 0.6) is 0 Å². The van der Waals surface area contributed by atoms with E-state index in [4.69, 9.17) is 5.73 Å². The van der Waals surface area contributed by atoms with Crippen molar-refractivity contribution >= 4 is 5.91 Å². The highest BCUT2D eigenvalue weighted by Gasteiger charge is 2.03. The van der Waals surface area contributed by atoms with E-state index in [2.05, 4.69) is 41.7 Å². The van der Waals surface area contributed by atoms with E-state index >= 15 is 0 Å². The largest absolute Gasteiger partial charge is 0.356 e. The van der Waals surface area contributed by atoms with Crippen LogP contribution in [0.2, 0.25) is 0 Å². The molecule has 1 amide bonds. The van der Waals surface area contributed by atoms with Crippen LogP contribution in [0.1, 0.15) is 18.1 Å². The molecule has 0 saturated carbocycles. The molecule has 0 saturated heterocycles. The highest BCUT2D eigenvalue weighted by molar-refractivity contribution is 5.78. The zero-order chi connectivity index (χ0) is 15.1. The predicted molar refractivity (Wildman–Crippen MR) is 87.0 cm³/mol. The number of amides is 1. The van der Waals surface area contributed by atoms with Crippen LogP contribution in [0.4, 0.5) is 0 Å². The van der Waals surface area contributed by atoms with Gasteiger partial charge in [-0.3, -0.25) is 4.79 Å². The third kappa shape index (κ3) is 4.43. The van der Waals surface area contributed by atoms with Crippen LogP contribution in [0.25, 0.3) is 11.1 Å². The predicted octanol–water partition coefficient (Wildman–Crippen LogP) is 2.53. The van der Waals surface area contributed by atoms with Crippen LogP contribution in [0.15, 0.2) is 48.5 Å². The summed E-state index contributed by atoms with van der Waals surface area (Å²) in [5, 5.41) is 2.81. The summed E-state index contributed by atoms with van der Waals surface area (Å²) in [5.74, 6) is 0.0661. The lowest BCUT2D eigenvalue weighted by Gasteiger charge is -2.06. The van der Waals surface area contributed by atoms with Gasteiger partial charge in [0.15, 0.2) is 0 Å². The molecule has 0 atom stereocenters. The second-order valence-electron chi connectivity index (χ2n) is 5.06. The summed E-state index contributed by atoms with van der Waals surface area (Å²) in [6.07, 6.45) is 1.34. The third-order valence-electron chi connectivity index (χ3n) is 3.41. The van der Waals surface area contributed by atoms with E-state index in [0.29, 0.717) is 19.5 Å². The first kappa shape index (κ1) is 15.3. The Hall–Kier alpha value is -2.13. The molecule has 0 radical (unpaired) electrons. The van der Waals surface area contributed by atoms with Crippen LogP contribution in [-0.2, 0) is 17.6 Å². The maximum absolute atomic E-state index is 11.5. The molecule has 2 aromatic rings. The molecule has 2 aromatic carbocycles. The van der Waals surface area contributed by atoms with Crippen molar-refractivity contribution in [2.75, 3.05) is 13.1 Å². The van der Waals surface area contributed by atoms with Crippen molar-refractivity contribution in [1.29, 1.82) is 0 Å². The van der Waals surface area contributed by atoms with E-state index in [0.717, 1.165) is 17.5 Å². The summed E-state index contributed by atoms with van der Waals surface area (Å²) in [5.41, 5.74) is 10.2. The Bertz CT molecular complexity index is 573. The normalized spacial score (nSPS) is 10.4. The third-order valence-corrected chi connectivity index (χ3v) is 3.41. The van der Waals surface area contributed by atoms with E-state index in [-0.39, 0.29) is 5.91 Å². The summed E-state index contributed by atoms with van der Waals surface area (Å²) < 4.78 is 0. The molecular formula is C18H22N2O. The Morgan fingerprint density at radius 2 is 1.48 bits per heavy atom. The Kier molecular flexibility index (Phi) is 5.52. The highest BCUT2D eigenvalue weighted by Crippen LogP contribution is 2.20. The molecule has 0 aliphatic rings. The molecule has 21 heavy (non-hydrogen) atoms. The molecule has 110 valence electrons. The minimum absolute atomic E-state index is 0.0661. The number of nitrogens with two attached hydrogens (primary N) is 1. The van der Waals surface area contributed by atoms with Gasteiger partial charge in [-0.25, -0.2) is 0 Å². The van der Waals surface area contributed by atoms with Gasteiger partial charge in [0.05, 0.1) is 6.42 Å². The van der Waals surface area contributed by atoms with E-state index in [1.165, 1.54) is 11.1 Å². The first-order valence-electron chi connectivity index (χ1n) is 7.38. The molecule has 0 spiro atoms.